The van der Waals surface area contributed by atoms with E-state index in [0.29, 0.717) is 0 Å². The van der Waals surface area contributed by atoms with Gasteiger partial charge in [-0.2, -0.15) is 0 Å². The van der Waals surface area contributed by atoms with Gasteiger partial charge in [0.05, 0.1) is 0 Å². The van der Waals surface area contributed by atoms with Gasteiger partial charge in [-0.3, -0.25) is 0 Å². The second-order valence-corrected chi connectivity index (χ2v) is 17.2. The minimum atomic E-state index is 0.826. The molecule has 2 nitrogen and oxygen atoms in total. The summed E-state index contributed by atoms with van der Waals surface area (Å²) >= 11 is 0. The summed E-state index contributed by atoms with van der Waals surface area (Å²) in [5.74, 6) is 0. The van der Waals surface area contributed by atoms with Gasteiger partial charge >= 0.3 is 0 Å². The number of hydrogen-bond donors (Lipinski definition) is 2. The SMILES string of the molecule is CCCCCCCCc1cc(Cc2ccc(Cc3ccc(Cc4ccc(Cc5ccc(N)cc5)c(CCCCCCCC)c4)cc3)cc2)ccc1Cc1ccc(N)cc1. The summed E-state index contributed by atoms with van der Waals surface area (Å²) in [4.78, 5) is 0. The third kappa shape index (κ3) is 14.6. The zero-order chi connectivity index (χ0) is 41.1. The molecule has 6 aromatic carbocycles. The van der Waals surface area contributed by atoms with E-state index >= 15 is 0 Å². The molecule has 0 aliphatic rings. The zero-order valence-corrected chi connectivity index (χ0v) is 36.3. The Kier molecular flexibility index (Phi) is 17.3. The molecule has 6 rings (SSSR count). The summed E-state index contributed by atoms with van der Waals surface area (Å²) in [6.45, 7) is 4.58. The van der Waals surface area contributed by atoms with Gasteiger partial charge in [0.25, 0.3) is 0 Å². The van der Waals surface area contributed by atoms with Crippen LogP contribution in [0.25, 0.3) is 0 Å². The minimum absolute atomic E-state index is 0.826. The van der Waals surface area contributed by atoms with E-state index in [0.717, 1.165) is 56.3 Å². The number of nitrogens with two attached hydrogens (primary N) is 2. The molecule has 0 radical (unpaired) electrons. The van der Waals surface area contributed by atoms with Gasteiger partial charge in [-0.05, 0) is 149 Å². The van der Waals surface area contributed by atoms with Crippen LogP contribution < -0.4 is 11.5 Å². The van der Waals surface area contributed by atoms with Crippen molar-refractivity contribution in [2.24, 2.45) is 0 Å². The van der Waals surface area contributed by atoms with Crippen LogP contribution in [0.5, 0.6) is 0 Å². The number of unbranched alkanes of at least 4 members (excludes halogenated alkanes) is 10. The second-order valence-electron chi connectivity index (χ2n) is 17.2. The standard InChI is InChI=1S/C57H70N2/c1-3-5-7-9-11-13-15-52-42-50(25-31-54(52)40-48-27-33-56(58)34-28-48)38-46-21-17-44(18-22-46)37-45-19-23-47(24-20-45)39-51-26-32-55(41-49-29-35-57(59)36-30-49)53(43-51)16-14-12-10-8-6-4-2/h17-36,42-43H,3-16,37-41,58-59H2,1-2H3. The lowest BCUT2D eigenvalue weighted by atomic mass is 9.92. The van der Waals surface area contributed by atoms with Crippen molar-refractivity contribution in [3.63, 3.8) is 0 Å². The molecular weight excluding hydrogens is 713 g/mol. The van der Waals surface area contributed by atoms with Crippen LogP contribution in [0.2, 0.25) is 0 Å². The minimum Gasteiger partial charge on any atom is -0.399 e. The summed E-state index contributed by atoms with van der Waals surface area (Å²) in [5.41, 5.74) is 30.5. The molecule has 0 heterocycles. The van der Waals surface area contributed by atoms with Gasteiger partial charge in [-0.15, -0.1) is 0 Å². The van der Waals surface area contributed by atoms with Gasteiger partial charge in [-0.1, -0.05) is 187 Å². The molecule has 0 unspecified atom stereocenters. The molecule has 0 aliphatic heterocycles. The summed E-state index contributed by atoms with van der Waals surface area (Å²) in [6, 6.07) is 49.8. The lowest BCUT2D eigenvalue weighted by Crippen LogP contribution is -2.00. The quantitative estimate of drug-likeness (QED) is 0.0474. The van der Waals surface area contributed by atoms with E-state index in [9.17, 15) is 0 Å². The van der Waals surface area contributed by atoms with Crippen molar-refractivity contribution in [1.82, 2.24) is 0 Å². The summed E-state index contributed by atoms with van der Waals surface area (Å²) in [5, 5.41) is 0. The highest BCUT2D eigenvalue weighted by atomic mass is 14.5. The first kappa shape index (κ1) is 43.5. The molecule has 0 saturated heterocycles. The second kappa shape index (κ2) is 23.5. The van der Waals surface area contributed by atoms with Crippen LogP contribution in [0, 0.1) is 0 Å². The fraction of sp³-hybridized carbons (Fsp3) is 0.368. The van der Waals surface area contributed by atoms with Gasteiger partial charge in [0.15, 0.2) is 0 Å². The van der Waals surface area contributed by atoms with Crippen molar-refractivity contribution in [1.29, 1.82) is 0 Å². The first-order chi connectivity index (χ1) is 28.9. The van der Waals surface area contributed by atoms with E-state index in [1.807, 2.05) is 24.3 Å². The van der Waals surface area contributed by atoms with Crippen LogP contribution in [0.3, 0.4) is 0 Å². The number of anilines is 2. The molecule has 4 N–H and O–H groups in total. The number of aryl methyl sites for hydroxylation is 2. The fourth-order valence-electron chi connectivity index (χ4n) is 8.55. The Balaban J connectivity index is 1.05. The maximum absolute atomic E-state index is 5.98. The smallest absolute Gasteiger partial charge is 0.0314 e. The van der Waals surface area contributed by atoms with Gasteiger partial charge in [-0.25, -0.2) is 0 Å². The molecule has 0 spiro atoms. The number of hydrogen-bond acceptors (Lipinski definition) is 2. The molecule has 0 saturated carbocycles. The van der Waals surface area contributed by atoms with E-state index in [4.69, 9.17) is 11.5 Å². The Bertz CT molecular complexity index is 1950. The van der Waals surface area contributed by atoms with Crippen LogP contribution in [0.4, 0.5) is 11.4 Å². The third-order valence-electron chi connectivity index (χ3n) is 12.2. The summed E-state index contributed by atoms with van der Waals surface area (Å²) < 4.78 is 0. The van der Waals surface area contributed by atoms with Crippen molar-refractivity contribution in [3.8, 4) is 0 Å². The lowest BCUT2D eigenvalue weighted by Gasteiger charge is -2.14. The van der Waals surface area contributed by atoms with Gasteiger partial charge in [0.2, 0.25) is 0 Å². The average Bonchev–Trinajstić information content (AvgIpc) is 3.25. The lowest BCUT2D eigenvalue weighted by molar-refractivity contribution is 0.606. The first-order valence-corrected chi connectivity index (χ1v) is 23.0. The van der Waals surface area contributed by atoms with Crippen molar-refractivity contribution >= 4 is 11.4 Å². The number of nitrogen functional groups attached to an aromatic ring is 2. The van der Waals surface area contributed by atoms with Crippen molar-refractivity contribution in [3.05, 3.63) is 200 Å². The summed E-state index contributed by atoms with van der Waals surface area (Å²) in [7, 11) is 0. The molecule has 0 atom stereocenters. The van der Waals surface area contributed by atoms with Crippen LogP contribution in [-0.2, 0) is 44.9 Å². The number of benzene rings is 6. The van der Waals surface area contributed by atoms with Crippen LogP contribution in [0.15, 0.2) is 133 Å². The highest BCUT2D eigenvalue weighted by molar-refractivity contribution is 5.45. The van der Waals surface area contributed by atoms with Crippen LogP contribution in [0.1, 0.15) is 158 Å². The average molecular weight is 783 g/mol. The Morgan fingerprint density at radius 3 is 0.898 bits per heavy atom. The molecule has 0 amide bonds. The predicted molar refractivity (Wildman–Crippen MR) is 256 cm³/mol. The first-order valence-electron chi connectivity index (χ1n) is 23.0. The normalized spacial score (nSPS) is 11.3. The van der Waals surface area contributed by atoms with E-state index < -0.39 is 0 Å². The van der Waals surface area contributed by atoms with Gasteiger partial charge < -0.3 is 11.5 Å². The molecule has 2 heteroatoms. The molecule has 59 heavy (non-hydrogen) atoms. The molecule has 0 fully saturated rings. The maximum atomic E-state index is 5.98. The van der Waals surface area contributed by atoms with Crippen molar-refractivity contribution in [2.75, 3.05) is 11.5 Å². The molecular formula is C57H70N2. The Hall–Kier alpha value is -5.08. The Labute approximate surface area is 357 Å². The Morgan fingerprint density at radius 2 is 0.542 bits per heavy atom. The third-order valence-corrected chi connectivity index (χ3v) is 12.2. The van der Waals surface area contributed by atoms with Crippen molar-refractivity contribution < 1.29 is 0 Å². The highest BCUT2D eigenvalue weighted by Gasteiger charge is 2.10. The fourth-order valence-corrected chi connectivity index (χ4v) is 8.55. The molecule has 0 aromatic heterocycles. The van der Waals surface area contributed by atoms with Gasteiger partial charge in [0.1, 0.15) is 0 Å². The molecule has 6 aromatic rings. The van der Waals surface area contributed by atoms with Gasteiger partial charge in [0, 0.05) is 11.4 Å². The molecule has 0 bridgehead atoms. The number of rotatable bonds is 24. The van der Waals surface area contributed by atoms with Crippen LogP contribution >= 0.6 is 0 Å². The largest absolute Gasteiger partial charge is 0.399 e. The van der Waals surface area contributed by atoms with E-state index in [2.05, 4.69) is 123 Å². The van der Waals surface area contributed by atoms with E-state index in [1.54, 1.807) is 0 Å². The predicted octanol–water partition coefficient (Wildman–Crippen LogP) is 14.6. The molecule has 308 valence electrons. The highest BCUT2D eigenvalue weighted by Crippen LogP contribution is 2.25. The van der Waals surface area contributed by atoms with E-state index in [-0.39, 0.29) is 0 Å². The zero-order valence-electron chi connectivity index (χ0n) is 36.3. The summed E-state index contributed by atoms with van der Waals surface area (Å²) in [6.07, 6.45) is 23.0. The van der Waals surface area contributed by atoms with Crippen LogP contribution in [-0.4, -0.2) is 0 Å². The monoisotopic (exact) mass is 783 g/mol. The maximum Gasteiger partial charge on any atom is 0.0314 e. The topological polar surface area (TPSA) is 52.0 Å². The van der Waals surface area contributed by atoms with E-state index in [1.165, 1.54) is 144 Å². The van der Waals surface area contributed by atoms with Crippen molar-refractivity contribution in [2.45, 2.75) is 136 Å². The molecule has 0 aliphatic carbocycles. The Morgan fingerprint density at radius 1 is 0.271 bits per heavy atom.